The lowest BCUT2D eigenvalue weighted by atomic mass is 9.87. The Hall–Kier alpha value is -0.740. The lowest BCUT2D eigenvalue weighted by Gasteiger charge is -2.31. The fourth-order valence-electron chi connectivity index (χ4n) is 1.60. The number of thioether (sulfide) groups is 1. The summed E-state index contributed by atoms with van der Waals surface area (Å²) in [7, 11) is 3.93. The summed E-state index contributed by atoms with van der Waals surface area (Å²) in [6.07, 6.45) is 0. The number of hydrogen-bond donors (Lipinski definition) is 1. The van der Waals surface area contributed by atoms with Gasteiger partial charge in [0, 0.05) is 19.3 Å². The molecule has 1 unspecified atom stereocenters. The van der Waals surface area contributed by atoms with Gasteiger partial charge in [0.05, 0.1) is 0 Å². The Morgan fingerprint density at radius 2 is 1.72 bits per heavy atom. The molecule has 0 aliphatic rings. The first kappa shape index (κ1) is 15.3. The van der Waals surface area contributed by atoms with Gasteiger partial charge in [-0.05, 0) is 23.1 Å². The van der Waals surface area contributed by atoms with Crippen molar-refractivity contribution in [1.29, 1.82) is 0 Å². The maximum Gasteiger partial charge on any atom is 0.136 e. The minimum atomic E-state index is 0.0989. The molecule has 1 aromatic rings. The molecule has 2 nitrogen and oxygen atoms in total. The van der Waals surface area contributed by atoms with Gasteiger partial charge in [-0.1, -0.05) is 56.9 Å². The number of rotatable bonds is 2. The fourth-order valence-corrected chi connectivity index (χ4v) is 2.95. The summed E-state index contributed by atoms with van der Waals surface area (Å²) in [5, 5.41) is 9.64. The molecule has 0 aromatic heterocycles. The second kappa shape index (κ2) is 5.93. The zero-order valence-electron chi connectivity index (χ0n) is 11.6. The summed E-state index contributed by atoms with van der Waals surface area (Å²) in [6.45, 7) is 6.61. The van der Waals surface area contributed by atoms with Crippen LogP contribution in [-0.4, -0.2) is 28.4 Å². The van der Waals surface area contributed by atoms with Crippen molar-refractivity contribution in [3.8, 4) is 5.75 Å². The molecule has 18 heavy (non-hydrogen) atoms. The van der Waals surface area contributed by atoms with Gasteiger partial charge in [0.1, 0.15) is 10.1 Å². The molecule has 1 N–H and O–H groups in total. The van der Waals surface area contributed by atoms with E-state index in [4.69, 9.17) is 12.2 Å². The van der Waals surface area contributed by atoms with E-state index in [1.54, 1.807) is 23.9 Å². The largest absolute Gasteiger partial charge is 0.508 e. The van der Waals surface area contributed by atoms with Gasteiger partial charge in [-0.2, -0.15) is 0 Å². The number of thiocarbonyl (C=S) groups is 1. The summed E-state index contributed by atoms with van der Waals surface area (Å²) in [5.41, 5.74) is 1.29. The van der Waals surface area contributed by atoms with Gasteiger partial charge in [0.15, 0.2) is 0 Å². The summed E-state index contributed by atoms with van der Waals surface area (Å²) in [4.78, 5) is 1.96. The van der Waals surface area contributed by atoms with Crippen molar-refractivity contribution >= 4 is 28.3 Å². The van der Waals surface area contributed by atoms with Gasteiger partial charge in [-0.3, -0.25) is 0 Å². The van der Waals surface area contributed by atoms with Crippen LogP contribution >= 0.6 is 24.0 Å². The Morgan fingerprint density at radius 3 is 2.11 bits per heavy atom. The van der Waals surface area contributed by atoms with E-state index in [1.807, 2.05) is 31.1 Å². The van der Waals surface area contributed by atoms with Gasteiger partial charge >= 0.3 is 0 Å². The average Bonchev–Trinajstić information content (AvgIpc) is 2.25. The molecular weight excluding hydrogens is 262 g/mol. The van der Waals surface area contributed by atoms with Crippen molar-refractivity contribution in [2.45, 2.75) is 26.0 Å². The predicted octanol–water partition coefficient (Wildman–Crippen LogP) is 4.06. The molecule has 0 saturated carbocycles. The number of benzene rings is 1. The standard InChI is InChI=1S/C14H21NOS2/c1-14(2,3)12(18-13(17)15(4)5)10-6-8-11(16)9-7-10/h6-9,12,16H,1-5H3. The van der Waals surface area contributed by atoms with E-state index in [9.17, 15) is 5.11 Å². The van der Waals surface area contributed by atoms with Crippen molar-refractivity contribution in [3.05, 3.63) is 29.8 Å². The number of phenols is 1. The number of phenolic OH excluding ortho intramolecular Hbond substituents is 1. The average molecular weight is 283 g/mol. The van der Waals surface area contributed by atoms with Crippen LogP contribution in [0, 0.1) is 5.41 Å². The van der Waals surface area contributed by atoms with E-state index in [-0.39, 0.29) is 10.7 Å². The van der Waals surface area contributed by atoms with E-state index >= 15 is 0 Å². The maximum absolute atomic E-state index is 9.37. The molecule has 0 aliphatic heterocycles. The van der Waals surface area contributed by atoms with Crippen molar-refractivity contribution in [3.63, 3.8) is 0 Å². The summed E-state index contributed by atoms with van der Waals surface area (Å²) >= 11 is 7.08. The normalized spacial score (nSPS) is 13.2. The Morgan fingerprint density at radius 1 is 1.22 bits per heavy atom. The Balaban J connectivity index is 2.99. The van der Waals surface area contributed by atoms with E-state index in [2.05, 4.69) is 20.8 Å². The van der Waals surface area contributed by atoms with E-state index < -0.39 is 0 Å². The van der Waals surface area contributed by atoms with E-state index in [1.165, 1.54) is 5.56 Å². The molecule has 1 atom stereocenters. The molecule has 100 valence electrons. The molecule has 0 radical (unpaired) electrons. The lowest BCUT2D eigenvalue weighted by molar-refractivity contribution is 0.401. The molecule has 0 saturated heterocycles. The Kier molecular flexibility index (Phi) is 5.05. The third-order valence-electron chi connectivity index (χ3n) is 2.57. The highest BCUT2D eigenvalue weighted by atomic mass is 32.2. The second-order valence-electron chi connectivity index (χ2n) is 5.62. The Bertz CT molecular complexity index is 407. The van der Waals surface area contributed by atoms with Crippen molar-refractivity contribution in [2.24, 2.45) is 5.41 Å². The van der Waals surface area contributed by atoms with Crippen LogP contribution in [0.25, 0.3) is 0 Å². The summed E-state index contributed by atoms with van der Waals surface area (Å²) in [5.74, 6) is 0.298. The third-order valence-corrected chi connectivity index (χ3v) is 5.00. The zero-order valence-corrected chi connectivity index (χ0v) is 13.2. The highest BCUT2D eigenvalue weighted by Gasteiger charge is 2.28. The molecule has 0 aliphatic carbocycles. The molecule has 1 aromatic carbocycles. The minimum Gasteiger partial charge on any atom is -0.508 e. The molecule has 0 spiro atoms. The highest BCUT2D eigenvalue weighted by molar-refractivity contribution is 8.23. The van der Waals surface area contributed by atoms with Crippen LogP contribution in [0.2, 0.25) is 0 Å². The van der Waals surface area contributed by atoms with E-state index in [0.717, 1.165) is 4.32 Å². The van der Waals surface area contributed by atoms with Crippen LogP contribution in [-0.2, 0) is 0 Å². The summed E-state index contributed by atoms with van der Waals surface area (Å²) in [6, 6.07) is 7.40. The maximum atomic E-state index is 9.37. The topological polar surface area (TPSA) is 23.5 Å². The van der Waals surface area contributed by atoms with Crippen molar-refractivity contribution in [2.75, 3.05) is 14.1 Å². The van der Waals surface area contributed by atoms with Gasteiger partial charge in [-0.15, -0.1) is 0 Å². The molecule has 0 amide bonds. The first-order chi connectivity index (χ1) is 8.21. The number of aromatic hydroxyl groups is 1. The molecular formula is C14H21NOS2. The van der Waals surface area contributed by atoms with E-state index in [0.29, 0.717) is 5.75 Å². The van der Waals surface area contributed by atoms with Crippen LogP contribution in [0.1, 0.15) is 31.6 Å². The van der Waals surface area contributed by atoms with Crippen LogP contribution in [0.15, 0.2) is 24.3 Å². The van der Waals surface area contributed by atoms with Gasteiger partial charge in [-0.25, -0.2) is 0 Å². The summed E-state index contributed by atoms with van der Waals surface area (Å²) < 4.78 is 0.878. The van der Waals surface area contributed by atoms with Crippen LogP contribution in [0.4, 0.5) is 0 Å². The fraction of sp³-hybridized carbons (Fsp3) is 0.500. The Labute approximate surface area is 119 Å². The third kappa shape index (κ3) is 4.18. The van der Waals surface area contributed by atoms with Gasteiger partial charge < -0.3 is 10.0 Å². The quantitative estimate of drug-likeness (QED) is 0.827. The van der Waals surface area contributed by atoms with Crippen LogP contribution < -0.4 is 0 Å². The zero-order chi connectivity index (χ0) is 13.9. The monoisotopic (exact) mass is 283 g/mol. The molecule has 0 bridgehead atoms. The molecule has 0 fully saturated rings. The lowest BCUT2D eigenvalue weighted by Crippen LogP contribution is -2.22. The number of hydrogen-bond acceptors (Lipinski definition) is 3. The van der Waals surface area contributed by atoms with Crippen LogP contribution in [0.5, 0.6) is 5.75 Å². The SMILES string of the molecule is CN(C)C(=S)SC(c1ccc(O)cc1)C(C)(C)C. The highest BCUT2D eigenvalue weighted by Crippen LogP contribution is 2.44. The van der Waals surface area contributed by atoms with Crippen molar-refractivity contribution in [1.82, 2.24) is 4.90 Å². The molecule has 1 rings (SSSR count). The van der Waals surface area contributed by atoms with Crippen molar-refractivity contribution < 1.29 is 5.11 Å². The first-order valence-corrected chi connectivity index (χ1v) is 7.17. The molecule has 0 heterocycles. The predicted molar refractivity (Wildman–Crippen MR) is 84.2 cm³/mol. The molecule has 4 heteroatoms. The number of nitrogens with zero attached hydrogens (tertiary/aromatic N) is 1. The van der Waals surface area contributed by atoms with Gasteiger partial charge in [0.2, 0.25) is 0 Å². The first-order valence-electron chi connectivity index (χ1n) is 5.88. The smallest absolute Gasteiger partial charge is 0.136 e. The van der Waals surface area contributed by atoms with Crippen LogP contribution in [0.3, 0.4) is 0 Å². The minimum absolute atomic E-state index is 0.0989. The second-order valence-corrected chi connectivity index (χ2v) is 7.35. The van der Waals surface area contributed by atoms with Gasteiger partial charge in [0.25, 0.3) is 0 Å².